The summed E-state index contributed by atoms with van der Waals surface area (Å²) in [6, 6.07) is 0. The summed E-state index contributed by atoms with van der Waals surface area (Å²) in [4.78, 5) is 22.7. The van der Waals surface area contributed by atoms with Crippen molar-refractivity contribution in [2.75, 3.05) is 0 Å². The van der Waals surface area contributed by atoms with E-state index in [1.54, 1.807) is 0 Å². The van der Waals surface area contributed by atoms with E-state index in [1.807, 2.05) is 0 Å². The first-order chi connectivity index (χ1) is 11.5. The van der Waals surface area contributed by atoms with Gasteiger partial charge in [0.05, 0.1) is 0 Å². The minimum atomic E-state index is -0.740. The van der Waals surface area contributed by atoms with E-state index in [1.165, 1.54) is 0 Å². The van der Waals surface area contributed by atoms with Gasteiger partial charge in [0.1, 0.15) is 0 Å². The van der Waals surface area contributed by atoms with Crippen LogP contribution >= 0.6 is 0 Å². The van der Waals surface area contributed by atoms with Crippen molar-refractivity contribution in [3.05, 3.63) is 36.0 Å². The van der Waals surface area contributed by atoms with Crippen LogP contribution in [0.1, 0.15) is 78.1 Å². The van der Waals surface area contributed by atoms with Crippen LogP contribution in [0.5, 0.6) is 0 Å². The standard InChI is InChI=1S/C21H32O3/c1-3-4-5-6-7-10-13-18-19(22)15-17-21(18,2)16-12-9-8-11-14-20(23)24/h4-5,9,12-13H,3,6-8,10-11,14-17H2,1-2H3,(H,23,24)/b5-4-,12-9-,18-13-. The van der Waals surface area contributed by atoms with E-state index >= 15 is 0 Å². The van der Waals surface area contributed by atoms with Crippen LogP contribution in [0.3, 0.4) is 0 Å². The van der Waals surface area contributed by atoms with E-state index < -0.39 is 5.97 Å². The highest BCUT2D eigenvalue weighted by molar-refractivity contribution is 5.99. The number of carbonyl (C=O) groups is 2. The summed E-state index contributed by atoms with van der Waals surface area (Å²) in [5.41, 5.74) is 0.969. The highest BCUT2D eigenvalue weighted by Gasteiger charge is 2.37. The van der Waals surface area contributed by atoms with Crippen molar-refractivity contribution in [3.63, 3.8) is 0 Å². The van der Waals surface area contributed by atoms with Crippen molar-refractivity contribution in [1.82, 2.24) is 0 Å². The van der Waals surface area contributed by atoms with Crippen LogP contribution in [0.2, 0.25) is 0 Å². The molecule has 1 N–H and O–H groups in total. The number of ketones is 1. The Labute approximate surface area is 146 Å². The lowest BCUT2D eigenvalue weighted by molar-refractivity contribution is -0.137. The Morgan fingerprint density at radius 1 is 1.12 bits per heavy atom. The van der Waals surface area contributed by atoms with Crippen molar-refractivity contribution in [1.29, 1.82) is 0 Å². The zero-order valence-electron chi connectivity index (χ0n) is 15.2. The van der Waals surface area contributed by atoms with Crippen molar-refractivity contribution in [2.24, 2.45) is 5.41 Å². The lowest BCUT2D eigenvalue weighted by Gasteiger charge is -2.23. The topological polar surface area (TPSA) is 54.4 Å². The Morgan fingerprint density at radius 2 is 1.83 bits per heavy atom. The summed E-state index contributed by atoms with van der Waals surface area (Å²) in [6.07, 6.45) is 19.1. The Kier molecular flexibility index (Phi) is 9.36. The van der Waals surface area contributed by atoms with E-state index in [-0.39, 0.29) is 11.8 Å². The number of carbonyl (C=O) groups excluding carboxylic acids is 1. The predicted octanol–water partition coefficient (Wildman–Crippen LogP) is 5.62. The molecule has 0 aromatic carbocycles. The molecule has 0 spiro atoms. The second kappa shape index (κ2) is 11.0. The first kappa shape index (κ1) is 20.4. The summed E-state index contributed by atoms with van der Waals surface area (Å²) in [6.45, 7) is 4.32. The number of hydrogen-bond acceptors (Lipinski definition) is 2. The molecule has 1 aliphatic rings. The molecule has 1 aliphatic carbocycles. The molecule has 0 amide bonds. The van der Waals surface area contributed by atoms with Crippen molar-refractivity contribution < 1.29 is 14.7 Å². The van der Waals surface area contributed by atoms with Crippen LogP contribution < -0.4 is 0 Å². The van der Waals surface area contributed by atoms with E-state index in [0.29, 0.717) is 18.6 Å². The minimum Gasteiger partial charge on any atom is -0.481 e. The molecule has 0 heterocycles. The summed E-state index contributed by atoms with van der Waals surface area (Å²) in [5, 5.41) is 8.62. The molecule has 0 radical (unpaired) electrons. The van der Waals surface area contributed by atoms with Gasteiger partial charge in [-0.25, -0.2) is 0 Å². The van der Waals surface area contributed by atoms with Gasteiger partial charge >= 0.3 is 5.97 Å². The maximum absolute atomic E-state index is 12.2. The number of carboxylic acids is 1. The van der Waals surface area contributed by atoms with Crippen molar-refractivity contribution in [3.8, 4) is 0 Å². The molecule has 0 saturated heterocycles. The lowest BCUT2D eigenvalue weighted by atomic mass is 9.80. The highest BCUT2D eigenvalue weighted by Crippen LogP contribution is 2.43. The Bertz CT molecular complexity index is 499. The van der Waals surface area contributed by atoms with Gasteiger partial charge in [-0.3, -0.25) is 9.59 Å². The van der Waals surface area contributed by atoms with Crippen LogP contribution in [0.4, 0.5) is 0 Å². The predicted molar refractivity (Wildman–Crippen MR) is 99.0 cm³/mol. The zero-order chi connectivity index (χ0) is 17.8. The Morgan fingerprint density at radius 3 is 2.54 bits per heavy atom. The molecule has 1 atom stereocenters. The van der Waals surface area contributed by atoms with Crippen molar-refractivity contribution in [2.45, 2.75) is 78.1 Å². The highest BCUT2D eigenvalue weighted by atomic mass is 16.4. The lowest BCUT2D eigenvalue weighted by Crippen LogP contribution is -2.15. The molecule has 1 fully saturated rings. The Balaban J connectivity index is 2.47. The molecule has 24 heavy (non-hydrogen) atoms. The second-order valence-corrected chi connectivity index (χ2v) is 6.87. The number of aliphatic carboxylic acids is 1. The fourth-order valence-corrected chi connectivity index (χ4v) is 3.17. The van der Waals surface area contributed by atoms with Gasteiger partial charge in [-0.05, 0) is 62.4 Å². The van der Waals surface area contributed by atoms with Gasteiger partial charge in [0, 0.05) is 12.8 Å². The third-order valence-electron chi connectivity index (χ3n) is 4.68. The third kappa shape index (κ3) is 7.29. The SMILES string of the molecule is CC/C=C\CCC/C=C1/C(=O)CCC1(C)C/C=C\CCCC(=O)O. The van der Waals surface area contributed by atoms with Gasteiger partial charge in [-0.2, -0.15) is 0 Å². The molecular formula is C21H32O3. The van der Waals surface area contributed by atoms with Crippen LogP contribution in [-0.2, 0) is 9.59 Å². The summed E-state index contributed by atoms with van der Waals surface area (Å²) < 4.78 is 0. The number of unbranched alkanes of at least 4 members (excludes halogenated alkanes) is 3. The molecular weight excluding hydrogens is 300 g/mol. The van der Waals surface area contributed by atoms with Gasteiger partial charge in [0.2, 0.25) is 0 Å². The smallest absolute Gasteiger partial charge is 0.303 e. The van der Waals surface area contributed by atoms with Gasteiger partial charge in [-0.1, -0.05) is 44.2 Å². The third-order valence-corrected chi connectivity index (χ3v) is 4.68. The van der Waals surface area contributed by atoms with Crippen LogP contribution in [0, 0.1) is 5.41 Å². The number of carboxylic acid groups (broad SMARTS) is 1. The molecule has 1 unspecified atom stereocenters. The normalized spacial score (nSPS) is 23.1. The first-order valence-corrected chi connectivity index (χ1v) is 9.25. The average molecular weight is 332 g/mol. The van der Waals surface area contributed by atoms with Crippen LogP contribution in [-0.4, -0.2) is 16.9 Å². The first-order valence-electron chi connectivity index (χ1n) is 9.25. The number of Topliss-reactive ketones (excluding diaryl/α,β-unsaturated/α-hetero) is 1. The summed E-state index contributed by atoms with van der Waals surface area (Å²) in [5.74, 6) is -0.434. The van der Waals surface area contributed by atoms with Gasteiger partial charge in [0.25, 0.3) is 0 Å². The van der Waals surface area contributed by atoms with E-state index in [4.69, 9.17) is 5.11 Å². The quantitative estimate of drug-likeness (QED) is 0.303. The van der Waals surface area contributed by atoms with E-state index in [2.05, 4.69) is 44.2 Å². The summed E-state index contributed by atoms with van der Waals surface area (Å²) >= 11 is 0. The molecule has 3 nitrogen and oxygen atoms in total. The molecule has 3 heteroatoms. The molecule has 0 bridgehead atoms. The fourth-order valence-electron chi connectivity index (χ4n) is 3.17. The van der Waals surface area contributed by atoms with Gasteiger partial charge in [0.15, 0.2) is 5.78 Å². The monoisotopic (exact) mass is 332 g/mol. The number of allylic oxidation sites excluding steroid dienone is 6. The summed E-state index contributed by atoms with van der Waals surface area (Å²) in [7, 11) is 0. The molecule has 1 saturated carbocycles. The van der Waals surface area contributed by atoms with E-state index in [0.717, 1.165) is 50.5 Å². The second-order valence-electron chi connectivity index (χ2n) is 6.87. The van der Waals surface area contributed by atoms with Gasteiger partial charge < -0.3 is 5.11 Å². The molecule has 0 aromatic rings. The average Bonchev–Trinajstić information content (AvgIpc) is 2.82. The molecule has 1 rings (SSSR count). The maximum Gasteiger partial charge on any atom is 0.303 e. The van der Waals surface area contributed by atoms with Crippen LogP contribution in [0.25, 0.3) is 0 Å². The largest absolute Gasteiger partial charge is 0.481 e. The molecule has 134 valence electrons. The fraction of sp³-hybridized carbons (Fsp3) is 0.619. The van der Waals surface area contributed by atoms with E-state index in [9.17, 15) is 9.59 Å². The maximum atomic E-state index is 12.2. The van der Waals surface area contributed by atoms with Crippen molar-refractivity contribution >= 4 is 11.8 Å². The number of rotatable bonds is 11. The molecule has 0 aliphatic heterocycles. The minimum absolute atomic E-state index is 0.0420. The van der Waals surface area contributed by atoms with Gasteiger partial charge in [-0.15, -0.1) is 0 Å². The number of hydrogen-bond donors (Lipinski definition) is 1. The molecule has 0 aromatic heterocycles. The van der Waals surface area contributed by atoms with Crippen LogP contribution in [0.15, 0.2) is 36.0 Å². The Hall–Kier alpha value is -1.64. The zero-order valence-corrected chi connectivity index (χ0v) is 15.2.